The van der Waals surface area contributed by atoms with Crippen molar-refractivity contribution < 1.29 is 0 Å². The number of piperidine rings is 1. The van der Waals surface area contributed by atoms with Crippen LogP contribution in [-0.4, -0.2) is 23.7 Å². The van der Waals surface area contributed by atoms with Crippen LogP contribution in [0.2, 0.25) is 0 Å². The van der Waals surface area contributed by atoms with Crippen LogP contribution in [0, 0.1) is 6.42 Å². The predicted molar refractivity (Wildman–Crippen MR) is 27.4 cm³/mol. The minimum Gasteiger partial charge on any atom is -0.314 e. The second kappa shape index (κ2) is 1.01. The summed E-state index contributed by atoms with van der Waals surface area (Å²) in [6.07, 6.45) is 3.93. The number of nitrogens with two attached hydrogens (primary N) is 1. The Morgan fingerprint density at radius 3 is 2.86 bits per heavy atom. The Hall–Kier alpha value is -0.0800. The molecule has 0 spiro atoms. The summed E-state index contributed by atoms with van der Waals surface area (Å²) >= 11 is 0. The smallest absolute Gasteiger partial charge is 0.0736 e. The lowest BCUT2D eigenvalue weighted by atomic mass is 10.2. The fraction of sp³-hybridized carbons (Fsp3) is 0.800. The van der Waals surface area contributed by atoms with E-state index in [2.05, 4.69) is 11.3 Å². The van der Waals surface area contributed by atoms with E-state index < -0.39 is 0 Å². The van der Waals surface area contributed by atoms with E-state index >= 15 is 0 Å². The van der Waals surface area contributed by atoms with Crippen LogP contribution in [-0.2, 0) is 0 Å². The molecule has 3 atom stereocenters. The summed E-state index contributed by atoms with van der Waals surface area (Å²) in [5.74, 6) is 0. The van der Waals surface area contributed by atoms with Crippen LogP contribution in [0.4, 0.5) is 0 Å². The number of hydrogen-bond acceptors (Lipinski definition) is 2. The summed E-state index contributed by atoms with van der Waals surface area (Å²) < 4.78 is 0. The Morgan fingerprint density at radius 1 is 1.71 bits per heavy atom. The highest BCUT2D eigenvalue weighted by atomic mass is 15.4. The fourth-order valence-corrected chi connectivity index (χ4v) is 1.28. The Balaban J connectivity index is 2.06. The van der Waals surface area contributed by atoms with Gasteiger partial charge in [0, 0.05) is 12.6 Å². The van der Waals surface area contributed by atoms with Gasteiger partial charge >= 0.3 is 0 Å². The van der Waals surface area contributed by atoms with Crippen molar-refractivity contribution in [1.29, 1.82) is 0 Å². The monoisotopic (exact) mass is 97.1 g/mol. The zero-order valence-corrected chi connectivity index (χ0v) is 4.17. The van der Waals surface area contributed by atoms with Gasteiger partial charge in [-0.25, -0.2) is 0 Å². The fourth-order valence-electron chi connectivity index (χ4n) is 1.28. The second-order valence-corrected chi connectivity index (χ2v) is 2.28. The average Bonchev–Trinajstić information content (AvgIpc) is 2.26. The average molecular weight is 97.1 g/mol. The Morgan fingerprint density at radius 2 is 2.57 bits per heavy atom. The van der Waals surface area contributed by atoms with Gasteiger partial charge in [-0.3, -0.25) is 4.90 Å². The van der Waals surface area contributed by atoms with Gasteiger partial charge < -0.3 is 5.73 Å². The zero-order valence-electron chi connectivity index (χ0n) is 4.17. The highest BCUT2D eigenvalue weighted by molar-refractivity contribution is 5.08. The minimum absolute atomic E-state index is 0.421. The van der Waals surface area contributed by atoms with Gasteiger partial charge in [0.15, 0.2) is 0 Å². The normalized spacial score (nSPS) is 57.0. The lowest BCUT2D eigenvalue weighted by molar-refractivity contribution is 0.566. The summed E-state index contributed by atoms with van der Waals surface area (Å²) in [5.41, 5.74) is 5.58. The number of rotatable bonds is 0. The third-order valence-corrected chi connectivity index (χ3v) is 1.86. The Labute approximate surface area is 43.3 Å². The third kappa shape index (κ3) is 0.359. The van der Waals surface area contributed by atoms with E-state index in [9.17, 15) is 0 Å². The Kier molecular flexibility index (Phi) is 0.557. The van der Waals surface area contributed by atoms with Gasteiger partial charge in [-0.2, -0.15) is 0 Å². The molecule has 2 saturated heterocycles. The van der Waals surface area contributed by atoms with Gasteiger partial charge in [-0.05, 0) is 12.8 Å². The van der Waals surface area contributed by atoms with Gasteiger partial charge in [0.25, 0.3) is 0 Å². The van der Waals surface area contributed by atoms with Crippen LogP contribution >= 0.6 is 0 Å². The van der Waals surface area contributed by atoms with Gasteiger partial charge in [0.1, 0.15) is 0 Å². The van der Waals surface area contributed by atoms with E-state index in [4.69, 9.17) is 5.73 Å². The van der Waals surface area contributed by atoms with Crippen molar-refractivity contribution in [3.8, 4) is 0 Å². The summed E-state index contributed by atoms with van der Waals surface area (Å²) in [6.45, 7) is 1.13. The molecule has 0 aromatic rings. The van der Waals surface area contributed by atoms with Crippen molar-refractivity contribution >= 4 is 0 Å². The molecule has 3 unspecified atom stereocenters. The van der Waals surface area contributed by atoms with Crippen LogP contribution in [0.5, 0.6) is 0 Å². The standard InChI is InChI=1S/C5H9N2/c6-5-4-2-1-3-7(4)5/h1,4-5H,2-3,6H2. The molecule has 0 aromatic heterocycles. The summed E-state index contributed by atoms with van der Waals surface area (Å²) in [6, 6.07) is 0.736. The molecule has 2 aliphatic rings. The first-order valence-electron chi connectivity index (χ1n) is 2.72. The van der Waals surface area contributed by atoms with Gasteiger partial charge in [0.05, 0.1) is 6.17 Å². The number of fused-ring (bicyclic) bond motifs is 1. The molecule has 2 fully saturated rings. The molecule has 1 radical (unpaired) electrons. The van der Waals surface area contributed by atoms with Crippen molar-refractivity contribution in [3.63, 3.8) is 0 Å². The molecular formula is C5H9N2. The first-order chi connectivity index (χ1) is 3.39. The van der Waals surface area contributed by atoms with E-state index in [1.807, 2.05) is 0 Å². The van der Waals surface area contributed by atoms with E-state index in [0.29, 0.717) is 6.17 Å². The molecule has 39 valence electrons. The van der Waals surface area contributed by atoms with Crippen molar-refractivity contribution in [2.24, 2.45) is 5.73 Å². The largest absolute Gasteiger partial charge is 0.314 e. The molecule has 0 bridgehead atoms. The molecule has 0 amide bonds. The van der Waals surface area contributed by atoms with E-state index in [1.54, 1.807) is 0 Å². The quantitative estimate of drug-likeness (QED) is 0.415. The maximum absolute atomic E-state index is 5.58. The molecule has 0 saturated carbocycles. The van der Waals surface area contributed by atoms with E-state index in [-0.39, 0.29) is 0 Å². The van der Waals surface area contributed by atoms with Gasteiger partial charge in [-0.15, -0.1) is 0 Å². The maximum atomic E-state index is 5.58. The van der Waals surface area contributed by atoms with Crippen LogP contribution in [0.25, 0.3) is 0 Å². The lowest BCUT2D eigenvalue weighted by Gasteiger charge is -1.90. The van der Waals surface area contributed by atoms with Crippen LogP contribution in [0.15, 0.2) is 0 Å². The summed E-state index contributed by atoms with van der Waals surface area (Å²) in [5, 5.41) is 0. The van der Waals surface area contributed by atoms with Gasteiger partial charge in [0.2, 0.25) is 0 Å². The first-order valence-corrected chi connectivity index (χ1v) is 2.72. The minimum atomic E-state index is 0.421. The molecule has 2 nitrogen and oxygen atoms in total. The Bertz CT molecular complexity index is 82.1. The number of nitrogens with zero attached hydrogens (tertiary/aromatic N) is 1. The molecule has 0 aromatic carbocycles. The van der Waals surface area contributed by atoms with E-state index in [1.165, 1.54) is 6.42 Å². The van der Waals surface area contributed by atoms with E-state index in [0.717, 1.165) is 12.6 Å². The summed E-state index contributed by atoms with van der Waals surface area (Å²) in [4.78, 5) is 2.29. The molecule has 7 heavy (non-hydrogen) atoms. The molecule has 0 aliphatic carbocycles. The SMILES string of the molecule is NC1C2C[CH]CN12. The molecule has 2 rings (SSSR count). The lowest BCUT2D eigenvalue weighted by Crippen LogP contribution is -2.12. The predicted octanol–water partition coefficient (Wildman–Crippen LogP) is -0.437. The van der Waals surface area contributed by atoms with Gasteiger partial charge in [-0.1, -0.05) is 0 Å². The summed E-state index contributed by atoms with van der Waals surface area (Å²) in [7, 11) is 0. The van der Waals surface area contributed by atoms with Crippen LogP contribution in [0.3, 0.4) is 0 Å². The van der Waals surface area contributed by atoms with Crippen molar-refractivity contribution in [1.82, 2.24) is 4.90 Å². The van der Waals surface area contributed by atoms with Crippen LogP contribution < -0.4 is 5.73 Å². The molecule has 2 N–H and O–H groups in total. The first kappa shape index (κ1) is 3.87. The second-order valence-electron chi connectivity index (χ2n) is 2.28. The molecule has 2 aliphatic heterocycles. The number of hydrogen-bond donors (Lipinski definition) is 1. The molecule has 2 heteroatoms. The zero-order chi connectivity index (χ0) is 4.85. The highest BCUT2D eigenvalue weighted by Gasteiger charge is 2.47. The van der Waals surface area contributed by atoms with Crippen molar-refractivity contribution in [2.45, 2.75) is 18.6 Å². The molecule has 2 heterocycles. The topological polar surface area (TPSA) is 29.0 Å². The highest BCUT2D eigenvalue weighted by Crippen LogP contribution is 2.33. The van der Waals surface area contributed by atoms with Crippen LogP contribution in [0.1, 0.15) is 6.42 Å². The maximum Gasteiger partial charge on any atom is 0.0736 e. The van der Waals surface area contributed by atoms with Crippen molar-refractivity contribution in [2.75, 3.05) is 6.54 Å². The molecular weight excluding hydrogens is 88.1 g/mol. The van der Waals surface area contributed by atoms with Crippen molar-refractivity contribution in [3.05, 3.63) is 6.42 Å². The third-order valence-electron chi connectivity index (χ3n) is 1.86.